The third kappa shape index (κ3) is 4.69. The van der Waals surface area contributed by atoms with Crippen LogP contribution in [0, 0.1) is 0 Å². The summed E-state index contributed by atoms with van der Waals surface area (Å²) in [6.07, 6.45) is 6.57. The van der Waals surface area contributed by atoms with Crippen LogP contribution in [0.2, 0.25) is 5.15 Å². The monoisotopic (exact) mass is 534 g/mol. The number of alkyl halides is 1. The van der Waals surface area contributed by atoms with E-state index in [1.165, 1.54) is 18.6 Å². The molecular weight excluding hydrogens is 514 g/mol. The average molecular weight is 535 g/mol. The van der Waals surface area contributed by atoms with Gasteiger partial charge >= 0.3 is 0 Å². The van der Waals surface area contributed by atoms with Crippen LogP contribution < -0.4 is 15.2 Å². The van der Waals surface area contributed by atoms with E-state index < -0.39 is 26.8 Å². The molecule has 1 aliphatic carbocycles. The van der Waals surface area contributed by atoms with Crippen LogP contribution in [-0.4, -0.2) is 52.8 Å². The number of piperidine rings is 1. The highest BCUT2D eigenvalue weighted by Gasteiger charge is 2.48. The highest BCUT2D eigenvalue weighted by molar-refractivity contribution is 7.90. The third-order valence-corrected chi connectivity index (χ3v) is 7.62. The molecule has 13 heteroatoms. The molecule has 3 aromatic heterocycles. The molecule has 0 spiro atoms. The van der Waals surface area contributed by atoms with Gasteiger partial charge in [-0.3, -0.25) is 0 Å². The predicted molar refractivity (Wildman–Crippen MR) is 130 cm³/mol. The summed E-state index contributed by atoms with van der Waals surface area (Å²) in [5, 5.41) is 6.27. The van der Waals surface area contributed by atoms with E-state index in [1.807, 2.05) is 0 Å². The second-order valence-electron chi connectivity index (χ2n) is 8.54. The molecule has 0 bridgehead atoms. The topological polar surface area (TPSA) is 133 Å². The highest BCUT2D eigenvalue weighted by atomic mass is 35.5. The van der Waals surface area contributed by atoms with Crippen molar-refractivity contribution < 1.29 is 21.9 Å². The Hall–Kier alpha value is -3.06. The molecule has 0 amide bonds. The molecule has 4 heterocycles. The maximum Gasteiger partial charge on any atom is 0.244 e. The molecule has 2 atom stereocenters. The van der Waals surface area contributed by atoms with Gasteiger partial charge in [-0.25, -0.2) is 37.3 Å². The number of hydrogen-bond donors (Lipinski definition) is 2. The quantitative estimate of drug-likeness (QED) is 0.477. The molecule has 188 valence electrons. The summed E-state index contributed by atoms with van der Waals surface area (Å²) in [6.45, 7) is 1.67. The van der Waals surface area contributed by atoms with Crippen LogP contribution in [-0.2, 0) is 15.7 Å². The van der Waals surface area contributed by atoms with Crippen molar-refractivity contribution in [3.8, 4) is 17.1 Å². The summed E-state index contributed by atoms with van der Waals surface area (Å²) in [5.74, 6) is -0.658. The summed E-state index contributed by atoms with van der Waals surface area (Å²) < 4.78 is 60.7. The Bertz CT molecular complexity index is 1500. The van der Waals surface area contributed by atoms with Gasteiger partial charge in [-0.15, -0.1) is 0 Å². The van der Waals surface area contributed by atoms with Gasteiger partial charge < -0.3 is 10.1 Å². The van der Waals surface area contributed by atoms with E-state index in [1.54, 1.807) is 12.1 Å². The van der Waals surface area contributed by atoms with E-state index in [0.717, 1.165) is 38.1 Å². The number of pyridine rings is 2. The smallest absolute Gasteiger partial charge is 0.244 e. The molecule has 0 aromatic carbocycles. The molecule has 2 unspecified atom stereocenters. The second kappa shape index (κ2) is 9.43. The van der Waals surface area contributed by atoms with Crippen molar-refractivity contribution >= 4 is 32.7 Å². The summed E-state index contributed by atoms with van der Waals surface area (Å²) in [4.78, 5) is 17.1. The van der Waals surface area contributed by atoms with Gasteiger partial charge in [0.2, 0.25) is 15.9 Å². The van der Waals surface area contributed by atoms with E-state index in [0.29, 0.717) is 34.2 Å². The lowest BCUT2D eigenvalue weighted by atomic mass is 9.88. The molecule has 0 saturated carbocycles. The van der Waals surface area contributed by atoms with Crippen molar-refractivity contribution in [3.05, 3.63) is 65.5 Å². The Balaban J connectivity index is 1.58. The highest BCUT2D eigenvalue weighted by Crippen LogP contribution is 2.43. The number of fused-ring (bicyclic) bond motifs is 1. The van der Waals surface area contributed by atoms with Crippen LogP contribution in [0.15, 0.2) is 54.8 Å². The number of nitrogens with zero attached hydrogens (tertiary/aromatic N) is 4. The lowest BCUT2D eigenvalue weighted by molar-refractivity contribution is 0.158. The Morgan fingerprint density at radius 1 is 1.19 bits per heavy atom. The van der Waals surface area contributed by atoms with Gasteiger partial charge in [0.1, 0.15) is 28.7 Å². The Kier molecular flexibility index (Phi) is 6.45. The fraction of sp³-hybridized carbons (Fsp3) is 0.304. The molecule has 1 saturated heterocycles. The molecule has 1 fully saturated rings. The number of nitrogens with one attached hydrogen (secondary N) is 1. The molecule has 3 aromatic rings. The SMILES string of the molecule is NS(=O)(=O)C1C=CC(F)=CC1(F)c1cc(-c2ccc3ncnc(OC4CCNCC4)c3n2)cnc1Cl. The third-order valence-electron chi connectivity index (χ3n) is 6.11. The van der Waals surface area contributed by atoms with Crippen molar-refractivity contribution in [1.29, 1.82) is 0 Å². The summed E-state index contributed by atoms with van der Waals surface area (Å²) in [5.41, 5.74) is -1.66. The largest absolute Gasteiger partial charge is 0.473 e. The van der Waals surface area contributed by atoms with Gasteiger partial charge in [0.15, 0.2) is 11.2 Å². The van der Waals surface area contributed by atoms with Crippen molar-refractivity contribution in [2.75, 3.05) is 13.1 Å². The summed E-state index contributed by atoms with van der Waals surface area (Å²) in [6, 6.07) is 4.61. The zero-order valence-corrected chi connectivity index (χ0v) is 20.3. The lowest BCUT2D eigenvalue weighted by Crippen LogP contribution is -2.43. The molecule has 9 nitrogen and oxygen atoms in total. The molecule has 1 aliphatic heterocycles. The molecule has 3 N–H and O–H groups in total. The number of sulfonamides is 1. The number of allylic oxidation sites excluding steroid dienone is 3. The first kappa shape index (κ1) is 24.6. The second-order valence-corrected chi connectivity index (χ2v) is 10.6. The van der Waals surface area contributed by atoms with Gasteiger partial charge in [-0.1, -0.05) is 17.7 Å². The van der Waals surface area contributed by atoms with E-state index in [4.69, 9.17) is 21.5 Å². The van der Waals surface area contributed by atoms with Crippen LogP contribution in [0.25, 0.3) is 22.3 Å². The maximum absolute atomic E-state index is 16.2. The molecule has 36 heavy (non-hydrogen) atoms. The lowest BCUT2D eigenvalue weighted by Gasteiger charge is -2.30. The zero-order chi connectivity index (χ0) is 25.5. The van der Waals surface area contributed by atoms with Crippen LogP contribution in [0.1, 0.15) is 18.4 Å². The Morgan fingerprint density at radius 2 is 1.97 bits per heavy atom. The van der Waals surface area contributed by atoms with Gasteiger partial charge in [0.05, 0.1) is 11.2 Å². The summed E-state index contributed by atoms with van der Waals surface area (Å²) >= 11 is 6.17. The molecule has 5 rings (SSSR count). The maximum atomic E-state index is 16.2. The van der Waals surface area contributed by atoms with Gasteiger partial charge in [0, 0.05) is 17.3 Å². The number of halogens is 3. The van der Waals surface area contributed by atoms with E-state index in [-0.39, 0.29) is 16.8 Å². The number of rotatable bonds is 5. The molecular formula is C23H21ClF2N6O3S. The van der Waals surface area contributed by atoms with Crippen molar-refractivity contribution in [2.45, 2.75) is 29.9 Å². The first-order chi connectivity index (χ1) is 17.1. The average Bonchev–Trinajstić information content (AvgIpc) is 2.84. The number of hydrogen-bond acceptors (Lipinski definition) is 8. The van der Waals surface area contributed by atoms with E-state index >= 15 is 4.39 Å². The van der Waals surface area contributed by atoms with Crippen LogP contribution in [0.5, 0.6) is 5.88 Å². The number of ether oxygens (including phenoxy) is 1. The number of aromatic nitrogens is 4. The van der Waals surface area contributed by atoms with Gasteiger partial charge in [0.25, 0.3) is 0 Å². The minimum atomic E-state index is -4.46. The normalized spacial score (nSPS) is 23.0. The standard InChI is InChI=1S/C23H21ClF2N6O3S/c24-21-16(23(26)10-14(25)1-4-19(23)36(27,33)34)9-13(11-29-21)17-2-3-18-20(32-17)22(31-12-30-18)35-15-5-7-28-8-6-15/h1-4,9-12,15,19,28H,5-8H2,(H2,27,33,34). The van der Waals surface area contributed by atoms with Crippen molar-refractivity contribution in [3.63, 3.8) is 0 Å². The van der Waals surface area contributed by atoms with Crippen LogP contribution in [0.4, 0.5) is 8.78 Å². The van der Waals surface area contributed by atoms with Crippen molar-refractivity contribution in [1.82, 2.24) is 25.3 Å². The van der Waals surface area contributed by atoms with E-state index in [2.05, 4.69) is 25.3 Å². The Morgan fingerprint density at radius 3 is 2.72 bits per heavy atom. The predicted octanol–water partition coefficient (Wildman–Crippen LogP) is 3.12. The first-order valence-electron chi connectivity index (χ1n) is 11.1. The number of primary sulfonamides is 1. The van der Waals surface area contributed by atoms with Gasteiger partial charge in [-0.05, 0) is 56.3 Å². The number of nitrogens with two attached hydrogens (primary N) is 1. The van der Waals surface area contributed by atoms with Crippen molar-refractivity contribution in [2.24, 2.45) is 5.14 Å². The Labute approximate surface area is 210 Å². The fourth-order valence-electron chi connectivity index (χ4n) is 4.32. The minimum Gasteiger partial charge on any atom is -0.473 e. The van der Waals surface area contributed by atoms with Crippen LogP contribution >= 0.6 is 11.6 Å². The summed E-state index contributed by atoms with van der Waals surface area (Å²) in [7, 11) is -4.46. The fourth-order valence-corrected chi connectivity index (χ4v) is 5.54. The van der Waals surface area contributed by atoms with Gasteiger partial charge in [-0.2, -0.15) is 4.98 Å². The molecule has 2 aliphatic rings. The zero-order valence-electron chi connectivity index (χ0n) is 18.7. The first-order valence-corrected chi connectivity index (χ1v) is 13.1. The minimum absolute atomic E-state index is 0.0267. The van der Waals surface area contributed by atoms with Crippen LogP contribution in [0.3, 0.4) is 0 Å². The molecule has 0 radical (unpaired) electrons. The van der Waals surface area contributed by atoms with E-state index in [9.17, 15) is 12.8 Å².